The fourth-order valence-corrected chi connectivity index (χ4v) is 2.88. The van der Waals surface area contributed by atoms with Gasteiger partial charge in [-0.05, 0) is 56.3 Å². The Kier molecular flexibility index (Phi) is 3.14. The Morgan fingerprint density at radius 3 is 3.06 bits per heavy atom. The summed E-state index contributed by atoms with van der Waals surface area (Å²) in [6.45, 7) is 2.45. The topological polar surface area (TPSA) is 27.8 Å². The SMILES string of the molecule is c1ccc2c(CCCC3CCNC3)c[nH]c2c1. The smallest absolute Gasteiger partial charge is 0.0456 e. The Hall–Kier alpha value is -1.28. The first-order chi connectivity index (χ1) is 8.43. The normalized spacial score (nSPS) is 20.1. The van der Waals surface area contributed by atoms with Gasteiger partial charge in [0.15, 0.2) is 0 Å². The highest BCUT2D eigenvalue weighted by Gasteiger charge is 2.13. The van der Waals surface area contributed by atoms with Gasteiger partial charge in [0, 0.05) is 17.1 Å². The molecule has 1 unspecified atom stereocenters. The van der Waals surface area contributed by atoms with Gasteiger partial charge >= 0.3 is 0 Å². The lowest BCUT2D eigenvalue weighted by atomic mass is 9.99. The van der Waals surface area contributed by atoms with Gasteiger partial charge < -0.3 is 10.3 Å². The van der Waals surface area contributed by atoms with Crippen LogP contribution in [0, 0.1) is 5.92 Å². The molecule has 2 N–H and O–H groups in total. The molecule has 2 nitrogen and oxygen atoms in total. The van der Waals surface area contributed by atoms with Crippen molar-refractivity contribution in [2.75, 3.05) is 13.1 Å². The molecule has 17 heavy (non-hydrogen) atoms. The van der Waals surface area contributed by atoms with Crippen molar-refractivity contribution in [2.24, 2.45) is 5.92 Å². The van der Waals surface area contributed by atoms with Crippen LogP contribution in [0.2, 0.25) is 0 Å². The summed E-state index contributed by atoms with van der Waals surface area (Å²) < 4.78 is 0. The minimum Gasteiger partial charge on any atom is -0.361 e. The average molecular weight is 228 g/mol. The van der Waals surface area contributed by atoms with Crippen molar-refractivity contribution in [3.8, 4) is 0 Å². The lowest BCUT2D eigenvalue weighted by Gasteiger charge is -2.06. The van der Waals surface area contributed by atoms with Crippen LogP contribution in [0.25, 0.3) is 10.9 Å². The monoisotopic (exact) mass is 228 g/mol. The van der Waals surface area contributed by atoms with Crippen molar-refractivity contribution in [3.63, 3.8) is 0 Å². The van der Waals surface area contributed by atoms with Crippen LogP contribution in [-0.4, -0.2) is 18.1 Å². The molecule has 1 aromatic heterocycles. The van der Waals surface area contributed by atoms with Gasteiger partial charge in [-0.2, -0.15) is 0 Å². The minimum atomic E-state index is 0.917. The third-order valence-electron chi connectivity index (χ3n) is 3.90. The van der Waals surface area contributed by atoms with Gasteiger partial charge in [-0.3, -0.25) is 0 Å². The molecule has 1 aromatic carbocycles. The molecular formula is C15H20N2. The van der Waals surface area contributed by atoms with Crippen LogP contribution in [0.15, 0.2) is 30.5 Å². The quantitative estimate of drug-likeness (QED) is 0.827. The number of fused-ring (bicyclic) bond motifs is 1. The van der Waals surface area contributed by atoms with Crippen LogP contribution < -0.4 is 5.32 Å². The molecule has 2 heterocycles. The van der Waals surface area contributed by atoms with Gasteiger partial charge in [0.1, 0.15) is 0 Å². The van der Waals surface area contributed by atoms with E-state index in [9.17, 15) is 0 Å². The Labute approximate surface area is 102 Å². The molecule has 1 saturated heterocycles. The van der Waals surface area contributed by atoms with Crippen LogP contribution in [0.3, 0.4) is 0 Å². The summed E-state index contributed by atoms with van der Waals surface area (Å²) in [5.41, 5.74) is 2.75. The van der Waals surface area contributed by atoms with E-state index in [1.165, 1.54) is 55.2 Å². The Balaban J connectivity index is 1.60. The summed E-state index contributed by atoms with van der Waals surface area (Å²) in [6.07, 6.45) is 7.44. The van der Waals surface area contributed by atoms with Crippen LogP contribution in [-0.2, 0) is 6.42 Å². The van der Waals surface area contributed by atoms with Gasteiger partial charge in [-0.15, -0.1) is 0 Å². The maximum Gasteiger partial charge on any atom is 0.0456 e. The predicted molar refractivity (Wildman–Crippen MR) is 72.2 cm³/mol. The van der Waals surface area contributed by atoms with Gasteiger partial charge in [-0.1, -0.05) is 18.2 Å². The number of nitrogens with one attached hydrogen (secondary N) is 2. The third kappa shape index (κ3) is 2.37. The second-order valence-electron chi connectivity index (χ2n) is 5.11. The first kappa shape index (κ1) is 10.8. The van der Waals surface area contributed by atoms with Gasteiger partial charge in [-0.25, -0.2) is 0 Å². The molecule has 0 radical (unpaired) electrons. The van der Waals surface area contributed by atoms with Crippen LogP contribution in [0.4, 0.5) is 0 Å². The van der Waals surface area contributed by atoms with Crippen LogP contribution >= 0.6 is 0 Å². The van der Waals surface area contributed by atoms with Crippen molar-refractivity contribution >= 4 is 10.9 Å². The largest absolute Gasteiger partial charge is 0.361 e. The van der Waals surface area contributed by atoms with Crippen molar-refractivity contribution in [1.82, 2.24) is 10.3 Å². The van der Waals surface area contributed by atoms with E-state index in [4.69, 9.17) is 0 Å². The van der Waals surface area contributed by atoms with E-state index in [0.717, 1.165) is 5.92 Å². The molecule has 1 aliphatic rings. The molecule has 0 saturated carbocycles. The summed E-state index contributed by atoms with van der Waals surface area (Å²) >= 11 is 0. The molecule has 3 rings (SSSR count). The van der Waals surface area contributed by atoms with Crippen molar-refractivity contribution in [3.05, 3.63) is 36.0 Å². The van der Waals surface area contributed by atoms with E-state index in [0.29, 0.717) is 0 Å². The Morgan fingerprint density at radius 1 is 1.24 bits per heavy atom. The number of aryl methyl sites for hydroxylation is 1. The molecule has 90 valence electrons. The maximum atomic E-state index is 3.44. The van der Waals surface area contributed by atoms with Gasteiger partial charge in [0.2, 0.25) is 0 Å². The van der Waals surface area contributed by atoms with Crippen molar-refractivity contribution in [1.29, 1.82) is 0 Å². The summed E-state index contributed by atoms with van der Waals surface area (Å²) in [5, 5.41) is 4.84. The summed E-state index contributed by atoms with van der Waals surface area (Å²) in [5.74, 6) is 0.917. The summed E-state index contributed by atoms with van der Waals surface area (Å²) in [4.78, 5) is 3.35. The first-order valence-corrected chi connectivity index (χ1v) is 6.69. The Bertz CT molecular complexity index is 480. The number of benzene rings is 1. The average Bonchev–Trinajstić information content (AvgIpc) is 2.99. The van der Waals surface area contributed by atoms with E-state index in [-0.39, 0.29) is 0 Å². The van der Waals surface area contributed by atoms with Crippen molar-refractivity contribution < 1.29 is 0 Å². The number of aromatic nitrogens is 1. The highest BCUT2D eigenvalue weighted by molar-refractivity contribution is 5.82. The van der Waals surface area contributed by atoms with E-state index in [1.807, 2.05) is 0 Å². The molecule has 0 spiro atoms. The number of H-pyrrole nitrogens is 1. The molecule has 1 aliphatic heterocycles. The molecule has 1 fully saturated rings. The minimum absolute atomic E-state index is 0.917. The predicted octanol–water partition coefficient (Wildman–Crippen LogP) is 3.10. The second-order valence-corrected chi connectivity index (χ2v) is 5.11. The lowest BCUT2D eigenvalue weighted by molar-refractivity contribution is 0.510. The first-order valence-electron chi connectivity index (χ1n) is 6.69. The van der Waals surface area contributed by atoms with Gasteiger partial charge in [0.05, 0.1) is 0 Å². The van der Waals surface area contributed by atoms with Crippen molar-refractivity contribution in [2.45, 2.75) is 25.7 Å². The molecule has 1 atom stereocenters. The molecule has 0 amide bonds. The zero-order valence-corrected chi connectivity index (χ0v) is 10.2. The highest BCUT2D eigenvalue weighted by atomic mass is 14.9. The number of para-hydroxylation sites is 1. The van der Waals surface area contributed by atoms with E-state index < -0.39 is 0 Å². The standard InChI is InChI=1S/C15H20N2/c1-2-7-15-14(6-1)13(11-17-15)5-3-4-12-8-9-16-10-12/h1-2,6-7,11-12,16-17H,3-5,8-10H2. The number of hydrogen-bond acceptors (Lipinski definition) is 1. The molecule has 2 aromatic rings. The molecule has 0 bridgehead atoms. The Morgan fingerprint density at radius 2 is 2.18 bits per heavy atom. The van der Waals surface area contributed by atoms with E-state index in [1.54, 1.807) is 0 Å². The van der Waals surface area contributed by atoms with E-state index in [2.05, 4.69) is 40.8 Å². The van der Waals surface area contributed by atoms with Crippen LogP contribution in [0.1, 0.15) is 24.8 Å². The highest BCUT2D eigenvalue weighted by Crippen LogP contribution is 2.21. The third-order valence-corrected chi connectivity index (χ3v) is 3.90. The van der Waals surface area contributed by atoms with Crippen LogP contribution in [0.5, 0.6) is 0 Å². The summed E-state index contributed by atoms with van der Waals surface area (Å²) in [6, 6.07) is 8.59. The zero-order chi connectivity index (χ0) is 11.5. The second kappa shape index (κ2) is 4.92. The fraction of sp³-hybridized carbons (Fsp3) is 0.467. The summed E-state index contributed by atoms with van der Waals surface area (Å²) in [7, 11) is 0. The number of rotatable bonds is 4. The number of hydrogen-bond donors (Lipinski definition) is 2. The molecule has 0 aliphatic carbocycles. The molecule has 2 heteroatoms. The van der Waals surface area contributed by atoms with E-state index >= 15 is 0 Å². The maximum absolute atomic E-state index is 3.44. The van der Waals surface area contributed by atoms with Gasteiger partial charge in [0.25, 0.3) is 0 Å². The molecular weight excluding hydrogens is 208 g/mol. The zero-order valence-electron chi connectivity index (χ0n) is 10.2. The lowest BCUT2D eigenvalue weighted by Crippen LogP contribution is -2.08. The number of aromatic amines is 1. The fourth-order valence-electron chi connectivity index (χ4n) is 2.88.